The van der Waals surface area contributed by atoms with Gasteiger partial charge in [0.15, 0.2) is 0 Å². The summed E-state index contributed by atoms with van der Waals surface area (Å²) in [6.07, 6.45) is -1.55. The second-order valence-electron chi connectivity index (χ2n) is 4.50. The summed E-state index contributed by atoms with van der Waals surface area (Å²) in [5.74, 6) is -2.53. The van der Waals surface area contributed by atoms with E-state index in [1.807, 2.05) is 0 Å². The minimum Gasteiger partial charge on any atom is -1.00 e. The zero-order valence-corrected chi connectivity index (χ0v) is 14.2. The van der Waals surface area contributed by atoms with Gasteiger partial charge in [-0.05, 0) is 0 Å². The van der Waals surface area contributed by atoms with Gasteiger partial charge in [-0.25, -0.2) is 0 Å². The van der Waals surface area contributed by atoms with E-state index in [1.165, 1.54) is 13.8 Å². The molecular weight excluding hydrogens is 281 g/mol. The molecule has 0 saturated carbocycles. The van der Waals surface area contributed by atoms with Gasteiger partial charge >= 0.3 is 35.5 Å². The van der Waals surface area contributed by atoms with Crippen molar-refractivity contribution in [3.63, 3.8) is 0 Å². The standard InChI is InChI=1S/C9H17NO5.C2H4O2.Na.H/c1-9(2,5-11)7(14)8(15)10-4-3-6(12)13;1-2(3)4;;/h7,11,14H,3-5H2,1-2H3,(H,10,15)(H,12,13);1H3,(H,3,4);;/q;;+1;-1/t7-;;;/m0.../s1. The Hall–Kier alpha value is -0.670. The summed E-state index contributed by atoms with van der Waals surface area (Å²) >= 11 is 0. The Morgan fingerprint density at radius 3 is 1.95 bits per heavy atom. The van der Waals surface area contributed by atoms with Crippen molar-refractivity contribution in [2.45, 2.75) is 33.3 Å². The monoisotopic (exact) mass is 303 g/mol. The van der Waals surface area contributed by atoms with Crippen LogP contribution in [0.4, 0.5) is 0 Å². The topological polar surface area (TPSA) is 144 Å². The summed E-state index contributed by atoms with van der Waals surface area (Å²) < 4.78 is 0. The Morgan fingerprint density at radius 2 is 1.65 bits per heavy atom. The first-order valence-electron chi connectivity index (χ1n) is 5.52. The van der Waals surface area contributed by atoms with Crippen molar-refractivity contribution in [3.8, 4) is 0 Å². The third-order valence-electron chi connectivity index (χ3n) is 2.03. The number of amides is 1. The van der Waals surface area contributed by atoms with Gasteiger partial charge < -0.3 is 27.2 Å². The van der Waals surface area contributed by atoms with Gasteiger partial charge in [0.1, 0.15) is 6.10 Å². The fourth-order valence-corrected chi connectivity index (χ4v) is 0.831. The third-order valence-corrected chi connectivity index (χ3v) is 2.03. The van der Waals surface area contributed by atoms with Crippen molar-refractivity contribution in [2.75, 3.05) is 13.2 Å². The summed E-state index contributed by atoms with van der Waals surface area (Å²) in [4.78, 5) is 30.4. The van der Waals surface area contributed by atoms with Gasteiger partial charge in [0.2, 0.25) is 5.91 Å². The fraction of sp³-hybridized carbons (Fsp3) is 0.727. The number of aliphatic carboxylic acids is 2. The number of carbonyl (C=O) groups is 3. The molecule has 1 atom stereocenters. The molecule has 0 heterocycles. The first-order chi connectivity index (χ1) is 8.54. The van der Waals surface area contributed by atoms with E-state index >= 15 is 0 Å². The number of rotatable bonds is 6. The Kier molecular flexibility index (Phi) is 14.7. The van der Waals surface area contributed by atoms with Crippen LogP contribution in [-0.2, 0) is 14.4 Å². The van der Waals surface area contributed by atoms with Gasteiger partial charge in [0, 0.05) is 18.9 Å². The maximum Gasteiger partial charge on any atom is 1.00 e. The molecule has 0 aliphatic heterocycles. The number of carboxylic acids is 2. The van der Waals surface area contributed by atoms with E-state index in [0.29, 0.717) is 0 Å². The van der Waals surface area contributed by atoms with E-state index in [9.17, 15) is 14.7 Å². The Morgan fingerprint density at radius 1 is 1.25 bits per heavy atom. The van der Waals surface area contributed by atoms with E-state index in [0.717, 1.165) is 6.92 Å². The summed E-state index contributed by atoms with van der Waals surface area (Å²) in [5, 5.41) is 36.4. The maximum absolute atomic E-state index is 11.3. The van der Waals surface area contributed by atoms with Crippen molar-refractivity contribution < 1.29 is 65.8 Å². The molecular formula is C11H22NNaO7. The molecule has 0 aromatic rings. The molecule has 0 rings (SSSR count). The molecule has 0 aromatic carbocycles. The Labute approximate surface area is 141 Å². The zero-order valence-electron chi connectivity index (χ0n) is 13.2. The Balaban J connectivity index is -0.000000213. The van der Waals surface area contributed by atoms with E-state index in [2.05, 4.69) is 5.32 Å². The average Bonchev–Trinajstić information content (AvgIpc) is 2.26. The second kappa shape index (κ2) is 12.1. The molecule has 9 heteroatoms. The molecule has 5 N–H and O–H groups in total. The van der Waals surface area contributed by atoms with Crippen LogP contribution in [0.1, 0.15) is 28.6 Å². The summed E-state index contributed by atoms with van der Waals surface area (Å²) in [7, 11) is 0. The molecule has 114 valence electrons. The van der Waals surface area contributed by atoms with Gasteiger partial charge in [-0.1, -0.05) is 13.8 Å². The van der Waals surface area contributed by atoms with Gasteiger partial charge in [0.05, 0.1) is 13.0 Å². The van der Waals surface area contributed by atoms with E-state index < -0.39 is 29.4 Å². The fourth-order valence-electron chi connectivity index (χ4n) is 0.831. The molecule has 0 aliphatic carbocycles. The molecule has 0 spiro atoms. The minimum absolute atomic E-state index is 0. The van der Waals surface area contributed by atoms with Crippen LogP contribution in [0.25, 0.3) is 0 Å². The molecule has 0 bridgehead atoms. The van der Waals surface area contributed by atoms with Crippen molar-refractivity contribution in [3.05, 3.63) is 0 Å². The third kappa shape index (κ3) is 13.8. The number of hydrogen-bond acceptors (Lipinski definition) is 5. The predicted octanol–water partition coefficient (Wildman–Crippen LogP) is -3.84. The zero-order chi connectivity index (χ0) is 15.6. The van der Waals surface area contributed by atoms with Crippen LogP contribution >= 0.6 is 0 Å². The molecule has 20 heavy (non-hydrogen) atoms. The van der Waals surface area contributed by atoms with E-state index in [4.69, 9.17) is 20.1 Å². The average molecular weight is 303 g/mol. The number of nitrogens with one attached hydrogen (secondary N) is 1. The molecule has 0 aliphatic rings. The van der Waals surface area contributed by atoms with Crippen LogP contribution in [0.15, 0.2) is 0 Å². The summed E-state index contributed by atoms with van der Waals surface area (Å²) in [5.41, 5.74) is -0.937. The molecule has 0 saturated heterocycles. The summed E-state index contributed by atoms with van der Waals surface area (Å²) in [6, 6.07) is 0. The van der Waals surface area contributed by atoms with Crippen molar-refractivity contribution in [2.24, 2.45) is 5.41 Å². The van der Waals surface area contributed by atoms with Gasteiger partial charge in [-0.3, -0.25) is 14.4 Å². The number of carboxylic acid groups (broad SMARTS) is 2. The first kappa shape index (κ1) is 24.4. The number of carbonyl (C=O) groups excluding carboxylic acids is 1. The van der Waals surface area contributed by atoms with Crippen molar-refractivity contribution in [1.29, 1.82) is 0 Å². The van der Waals surface area contributed by atoms with Crippen LogP contribution in [0.2, 0.25) is 0 Å². The van der Waals surface area contributed by atoms with Gasteiger partial charge in [-0.2, -0.15) is 0 Å². The first-order valence-corrected chi connectivity index (χ1v) is 5.52. The number of hydrogen-bond donors (Lipinski definition) is 5. The molecule has 0 unspecified atom stereocenters. The summed E-state index contributed by atoms with van der Waals surface area (Å²) in [6.45, 7) is 3.79. The molecule has 0 aromatic heterocycles. The second-order valence-corrected chi connectivity index (χ2v) is 4.50. The van der Waals surface area contributed by atoms with E-state index in [1.54, 1.807) is 0 Å². The molecule has 0 fully saturated rings. The SMILES string of the molecule is CC(=O)O.CC(C)(CO)[C@@H](O)C(=O)NCCC(=O)O.[H-].[Na+]. The maximum atomic E-state index is 11.3. The minimum atomic E-state index is -1.35. The van der Waals surface area contributed by atoms with Crippen molar-refractivity contribution in [1.82, 2.24) is 5.32 Å². The van der Waals surface area contributed by atoms with Crippen LogP contribution in [0.5, 0.6) is 0 Å². The molecule has 8 nitrogen and oxygen atoms in total. The smallest absolute Gasteiger partial charge is 1.00 e. The van der Waals surface area contributed by atoms with Crippen LogP contribution in [0.3, 0.4) is 0 Å². The largest absolute Gasteiger partial charge is 1.00 e. The van der Waals surface area contributed by atoms with Crippen LogP contribution in [0, 0.1) is 5.41 Å². The predicted molar refractivity (Wildman–Crippen MR) is 66.6 cm³/mol. The van der Waals surface area contributed by atoms with E-state index in [-0.39, 0.29) is 50.6 Å². The van der Waals surface area contributed by atoms with Crippen LogP contribution in [-0.4, -0.2) is 57.5 Å². The normalized spacial score (nSPS) is 11.2. The Bertz CT molecular complexity index is 322. The van der Waals surface area contributed by atoms with Crippen molar-refractivity contribution >= 4 is 17.8 Å². The number of aliphatic hydroxyl groups is 2. The molecule has 1 amide bonds. The van der Waals surface area contributed by atoms with Gasteiger partial charge in [-0.15, -0.1) is 0 Å². The van der Waals surface area contributed by atoms with Gasteiger partial charge in [0.25, 0.3) is 5.97 Å². The quantitative estimate of drug-likeness (QED) is 0.316. The number of aliphatic hydroxyl groups excluding tert-OH is 2. The molecule has 0 radical (unpaired) electrons. The van der Waals surface area contributed by atoms with Crippen LogP contribution < -0.4 is 34.9 Å².